The van der Waals surface area contributed by atoms with Crippen molar-refractivity contribution < 1.29 is 0 Å². The van der Waals surface area contributed by atoms with E-state index in [0.717, 1.165) is 39.4 Å². The zero-order valence-corrected chi connectivity index (χ0v) is 14.9. The second-order valence-corrected chi connectivity index (χ2v) is 6.72. The molecule has 0 fully saturated rings. The van der Waals surface area contributed by atoms with E-state index in [1.807, 2.05) is 48.5 Å². The molecule has 23 heavy (non-hydrogen) atoms. The van der Waals surface area contributed by atoms with Crippen LogP contribution in [0.2, 0.25) is 10.0 Å². The molecule has 0 aliphatic carbocycles. The molecule has 3 rings (SSSR count). The van der Waals surface area contributed by atoms with Crippen LogP contribution in [0.3, 0.4) is 0 Å². The largest absolute Gasteiger partial charge is 0.302 e. The fraction of sp³-hybridized carbons (Fsp3) is 0.176. The van der Waals surface area contributed by atoms with Gasteiger partial charge < -0.3 is 4.57 Å². The van der Waals surface area contributed by atoms with E-state index in [2.05, 4.69) is 21.7 Å². The summed E-state index contributed by atoms with van der Waals surface area (Å²) >= 11 is 13.8. The van der Waals surface area contributed by atoms with Crippen LogP contribution in [0.4, 0.5) is 0 Å². The van der Waals surface area contributed by atoms with E-state index in [9.17, 15) is 0 Å². The summed E-state index contributed by atoms with van der Waals surface area (Å²) in [6.07, 6.45) is 0. The standard InChI is InChI=1S/C17H15Cl2N3S/c1-2-22-16(12-7-9-14(18)10-8-12)20-21-17(22)23-11-13-5-3-4-6-15(13)19/h3-10H,2,11H2,1H3. The van der Waals surface area contributed by atoms with E-state index in [4.69, 9.17) is 23.2 Å². The Kier molecular flexibility index (Phi) is 5.26. The van der Waals surface area contributed by atoms with Gasteiger partial charge in [-0.05, 0) is 42.8 Å². The molecule has 0 amide bonds. The topological polar surface area (TPSA) is 30.7 Å². The van der Waals surface area contributed by atoms with E-state index >= 15 is 0 Å². The molecule has 118 valence electrons. The van der Waals surface area contributed by atoms with Crippen molar-refractivity contribution in [1.29, 1.82) is 0 Å². The minimum absolute atomic E-state index is 0.713. The molecule has 6 heteroatoms. The second kappa shape index (κ2) is 7.39. The lowest BCUT2D eigenvalue weighted by molar-refractivity contribution is 0.687. The van der Waals surface area contributed by atoms with Crippen molar-refractivity contribution in [3.63, 3.8) is 0 Å². The molecule has 3 aromatic rings. The summed E-state index contributed by atoms with van der Waals surface area (Å²) in [7, 11) is 0. The number of hydrogen-bond acceptors (Lipinski definition) is 3. The smallest absolute Gasteiger partial charge is 0.191 e. The molecule has 0 aliphatic rings. The van der Waals surface area contributed by atoms with E-state index in [1.165, 1.54) is 0 Å². The fourth-order valence-corrected chi connectivity index (χ4v) is 3.66. The zero-order chi connectivity index (χ0) is 16.2. The van der Waals surface area contributed by atoms with Gasteiger partial charge in [-0.2, -0.15) is 0 Å². The summed E-state index contributed by atoms with van der Waals surface area (Å²) in [5.74, 6) is 1.61. The minimum Gasteiger partial charge on any atom is -0.302 e. The lowest BCUT2D eigenvalue weighted by Gasteiger charge is -2.08. The second-order valence-electron chi connectivity index (χ2n) is 4.94. The molecule has 0 unspecified atom stereocenters. The van der Waals surface area contributed by atoms with Crippen LogP contribution in [0.1, 0.15) is 12.5 Å². The lowest BCUT2D eigenvalue weighted by Crippen LogP contribution is -1.99. The molecule has 0 bridgehead atoms. The monoisotopic (exact) mass is 363 g/mol. The Balaban J connectivity index is 1.84. The Hall–Kier alpha value is -1.49. The van der Waals surface area contributed by atoms with Gasteiger partial charge in [0.2, 0.25) is 0 Å². The summed E-state index contributed by atoms with van der Waals surface area (Å²) in [6.45, 7) is 2.89. The van der Waals surface area contributed by atoms with Crippen molar-refractivity contribution in [3.8, 4) is 11.4 Å². The number of aromatic nitrogens is 3. The van der Waals surface area contributed by atoms with Crippen LogP contribution < -0.4 is 0 Å². The van der Waals surface area contributed by atoms with Gasteiger partial charge in [0, 0.05) is 27.9 Å². The molecule has 0 saturated carbocycles. The average molecular weight is 364 g/mol. The quantitative estimate of drug-likeness (QED) is 0.555. The van der Waals surface area contributed by atoms with Gasteiger partial charge >= 0.3 is 0 Å². The summed E-state index contributed by atoms with van der Waals surface area (Å²) < 4.78 is 2.10. The number of halogens is 2. The van der Waals surface area contributed by atoms with Crippen LogP contribution in [0.15, 0.2) is 53.7 Å². The third kappa shape index (κ3) is 3.71. The highest BCUT2D eigenvalue weighted by molar-refractivity contribution is 7.98. The molecule has 2 aromatic carbocycles. The van der Waals surface area contributed by atoms with Crippen molar-refractivity contribution >= 4 is 35.0 Å². The zero-order valence-electron chi connectivity index (χ0n) is 12.5. The molecule has 1 heterocycles. The number of thioether (sulfide) groups is 1. The van der Waals surface area contributed by atoms with E-state index in [-0.39, 0.29) is 0 Å². The lowest BCUT2D eigenvalue weighted by atomic mass is 10.2. The molecule has 0 radical (unpaired) electrons. The molecule has 0 N–H and O–H groups in total. The fourth-order valence-electron chi connectivity index (χ4n) is 2.25. The highest BCUT2D eigenvalue weighted by atomic mass is 35.5. The summed E-state index contributed by atoms with van der Waals surface area (Å²) in [5.41, 5.74) is 2.10. The molecule has 3 nitrogen and oxygen atoms in total. The predicted molar refractivity (Wildman–Crippen MR) is 97.2 cm³/mol. The summed E-state index contributed by atoms with van der Waals surface area (Å²) in [5, 5.41) is 11.0. The number of hydrogen-bond donors (Lipinski definition) is 0. The Bertz CT molecular complexity index is 800. The van der Waals surface area contributed by atoms with E-state index in [1.54, 1.807) is 11.8 Å². The van der Waals surface area contributed by atoms with Gasteiger partial charge in [0.05, 0.1) is 0 Å². The van der Waals surface area contributed by atoms with Gasteiger partial charge in [-0.25, -0.2) is 0 Å². The van der Waals surface area contributed by atoms with Crippen LogP contribution in [0.25, 0.3) is 11.4 Å². The highest BCUT2D eigenvalue weighted by Crippen LogP contribution is 2.29. The van der Waals surface area contributed by atoms with Crippen molar-refractivity contribution in [3.05, 3.63) is 64.1 Å². The van der Waals surface area contributed by atoms with Crippen LogP contribution >= 0.6 is 35.0 Å². The Labute approximate surface area is 149 Å². The van der Waals surface area contributed by atoms with Crippen LogP contribution in [-0.4, -0.2) is 14.8 Å². The third-order valence-corrected chi connectivity index (χ3v) is 5.09. The molecule has 0 saturated heterocycles. The van der Waals surface area contributed by atoms with Gasteiger partial charge in [0.25, 0.3) is 0 Å². The molecule has 0 atom stereocenters. The van der Waals surface area contributed by atoms with Crippen molar-refractivity contribution in [2.75, 3.05) is 0 Å². The summed E-state index contributed by atoms with van der Waals surface area (Å²) in [6, 6.07) is 15.5. The van der Waals surface area contributed by atoms with E-state index < -0.39 is 0 Å². The van der Waals surface area contributed by atoms with Gasteiger partial charge in [0.15, 0.2) is 11.0 Å². The number of benzene rings is 2. The van der Waals surface area contributed by atoms with Gasteiger partial charge in [-0.1, -0.05) is 53.2 Å². The molecular formula is C17H15Cl2N3S. The van der Waals surface area contributed by atoms with Crippen LogP contribution in [0.5, 0.6) is 0 Å². The highest BCUT2D eigenvalue weighted by Gasteiger charge is 2.13. The maximum atomic E-state index is 6.21. The predicted octanol–water partition coefficient (Wildman–Crippen LogP) is 5.56. The van der Waals surface area contributed by atoms with Crippen molar-refractivity contribution in [2.45, 2.75) is 24.4 Å². The first-order valence-electron chi connectivity index (χ1n) is 7.24. The molecule has 1 aromatic heterocycles. The molecule has 0 spiro atoms. The average Bonchev–Trinajstić information content (AvgIpc) is 2.97. The maximum Gasteiger partial charge on any atom is 0.191 e. The van der Waals surface area contributed by atoms with Crippen molar-refractivity contribution in [1.82, 2.24) is 14.8 Å². The third-order valence-electron chi connectivity index (χ3n) is 3.45. The van der Waals surface area contributed by atoms with Crippen molar-refractivity contribution in [2.24, 2.45) is 0 Å². The van der Waals surface area contributed by atoms with Gasteiger partial charge in [-0.3, -0.25) is 0 Å². The Morgan fingerprint density at radius 3 is 2.43 bits per heavy atom. The summed E-state index contributed by atoms with van der Waals surface area (Å²) in [4.78, 5) is 0. The van der Waals surface area contributed by atoms with Gasteiger partial charge in [-0.15, -0.1) is 10.2 Å². The minimum atomic E-state index is 0.713. The first kappa shape index (κ1) is 16.4. The molecular weight excluding hydrogens is 349 g/mol. The first-order chi connectivity index (χ1) is 11.2. The maximum absolute atomic E-state index is 6.21. The van der Waals surface area contributed by atoms with E-state index in [0.29, 0.717) is 5.02 Å². The Morgan fingerprint density at radius 1 is 1.00 bits per heavy atom. The normalized spacial score (nSPS) is 10.9. The number of nitrogens with zero attached hydrogens (tertiary/aromatic N) is 3. The molecule has 0 aliphatic heterocycles. The van der Waals surface area contributed by atoms with Crippen LogP contribution in [0, 0.1) is 0 Å². The van der Waals surface area contributed by atoms with Gasteiger partial charge in [0.1, 0.15) is 0 Å². The van der Waals surface area contributed by atoms with Crippen LogP contribution in [-0.2, 0) is 12.3 Å². The first-order valence-corrected chi connectivity index (χ1v) is 8.98. The Morgan fingerprint density at radius 2 is 1.74 bits per heavy atom. The number of rotatable bonds is 5. The SMILES string of the molecule is CCn1c(SCc2ccccc2Cl)nnc1-c1ccc(Cl)cc1.